The average molecular weight is 1060 g/mol. The Kier molecular flexibility index (Phi) is 41.9. The van der Waals surface area contributed by atoms with Crippen molar-refractivity contribution in [1.29, 1.82) is 0 Å². The van der Waals surface area contributed by atoms with E-state index in [9.17, 15) is 29.1 Å². The zero-order valence-electron chi connectivity index (χ0n) is 50.4. The monoisotopic (exact) mass is 1050 g/mol. The molecule has 0 aromatic rings. The number of hydrogen-bond acceptors (Lipinski definition) is 8. The van der Waals surface area contributed by atoms with E-state index in [2.05, 4.69) is 13.8 Å². The lowest BCUT2D eigenvalue weighted by Crippen LogP contribution is -2.32. The number of esters is 2. The molecule has 0 saturated heterocycles. The van der Waals surface area contributed by atoms with Gasteiger partial charge in [-0.15, -0.1) is 0 Å². The quantitative estimate of drug-likeness (QED) is 0.0277. The summed E-state index contributed by atoms with van der Waals surface area (Å²) < 4.78 is 11.6. The molecule has 0 aliphatic heterocycles. The third-order valence-corrected chi connectivity index (χ3v) is 13.8. The van der Waals surface area contributed by atoms with Crippen molar-refractivity contribution >= 4 is 29.3 Å². The van der Waals surface area contributed by atoms with Crippen LogP contribution in [0.5, 0.6) is 0 Å². The molecular formula is C68H110O8. The summed E-state index contributed by atoms with van der Waals surface area (Å²) >= 11 is 0. The van der Waals surface area contributed by atoms with Gasteiger partial charge in [0.15, 0.2) is 11.6 Å². The molecule has 0 saturated carbocycles. The van der Waals surface area contributed by atoms with Gasteiger partial charge in [-0.25, -0.2) is 0 Å². The lowest BCUT2D eigenvalue weighted by atomic mass is 9.81. The van der Waals surface area contributed by atoms with E-state index in [0.717, 1.165) is 60.8 Å². The van der Waals surface area contributed by atoms with Crippen LogP contribution in [0.4, 0.5) is 0 Å². The fourth-order valence-corrected chi connectivity index (χ4v) is 8.93. The number of aliphatic hydroxyl groups is 1. The van der Waals surface area contributed by atoms with Gasteiger partial charge in [0.25, 0.3) is 0 Å². The minimum atomic E-state index is -0.816. The van der Waals surface area contributed by atoms with Gasteiger partial charge in [-0.05, 0) is 79.4 Å². The molecule has 76 heavy (non-hydrogen) atoms. The molecule has 0 spiro atoms. The number of hydrogen-bond donors (Lipinski definition) is 1. The molecule has 1 unspecified atom stereocenters. The lowest BCUT2D eigenvalue weighted by Gasteiger charge is -2.28. The van der Waals surface area contributed by atoms with Crippen LogP contribution in [-0.4, -0.2) is 52.7 Å². The summed E-state index contributed by atoms with van der Waals surface area (Å²) in [5, 5.41) is 10.2. The fraction of sp³-hybridized carbons (Fsp3) is 0.662. The summed E-state index contributed by atoms with van der Waals surface area (Å²) in [6, 6.07) is 0. The van der Waals surface area contributed by atoms with Crippen LogP contribution in [0.25, 0.3) is 0 Å². The van der Waals surface area contributed by atoms with Gasteiger partial charge >= 0.3 is 11.9 Å². The van der Waals surface area contributed by atoms with E-state index >= 15 is 0 Å². The Morgan fingerprint density at radius 2 is 0.724 bits per heavy atom. The highest BCUT2D eigenvalue weighted by Gasteiger charge is 2.33. The van der Waals surface area contributed by atoms with Gasteiger partial charge in [0.05, 0.1) is 6.10 Å². The molecule has 1 N–H and O–H groups in total. The zero-order chi connectivity index (χ0) is 57.0. The van der Waals surface area contributed by atoms with E-state index in [-0.39, 0.29) is 42.1 Å². The van der Waals surface area contributed by atoms with E-state index in [1.165, 1.54) is 110 Å². The summed E-state index contributed by atoms with van der Waals surface area (Å²) in [4.78, 5) is 64.2. The van der Waals surface area contributed by atoms with Crippen molar-refractivity contribution in [2.45, 2.75) is 281 Å². The lowest BCUT2D eigenvalue weighted by molar-refractivity contribution is -0.154. The Morgan fingerprint density at radius 3 is 1.07 bits per heavy atom. The van der Waals surface area contributed by atoms with Crippen LogP contribution in [0.2, 0.25) is 0 Å². The number of Topliss-reactive ketones (excluding diaryl/α,β-unsaturated/α-hetero) is 1. The number of ketones is 3. The molecular weight excluding hydrogens is 945 g/mol. The maximum Gasteiger partial charge on any atom is 0.306 e. The Hall–Kier alpha value is -4.43. The fourth-order valence-electron chi connectivity index (χ4n) is 8.93. The predicted octanol–water partition coefficient (Wildman–Crippen LogP) is 18.5. The largest absolute Gasteiger partial charge is 0.462 e. The first-order chi connectivity index (χ1) is 36.1. The minimum Gasteiger partial charge on any atom is -0.462 e. The second kappa shape index (κ2) is 44.5. The molecule has 0 rings (SSSR count). The Morgan fingerprint density at radius 1 is 0.421 bits per heavy atom. The summed E-state index contributed by atoms with van der Waals surface area (Å²) in [6.45, 7) is 23.0. The SMILES string of the molecule is CCCCCCCCCCCCCC(=O)O[C@H](CC(C)=O)CC(C)(C)C(=O)/C=C/C(C)=C/C=C/C(C)=C/C=C/C=C(C)/C=C/C=C(C)/C=C/C(=O)C(C)(C)C[C@@H](CC(C)O)OC(=O)CCCCCCCCCCCCC. The Labute approximate surface area is 465 Å². The maximum absolute atomic E-state index is 13.3. The van der Waals surface area contributed by atoms with Crippen molar-refractivity contribution in [3.8, 4) is 0 Å². The summed E-state index contributed by atoms with van der Waals surface area (Å²) in [6.07, 6.45) is 53.0. The highest BCUT2D eigenvalue weighted by molar-refractivity contribution is 5.95. The number of ether oxygens (including phenoxy) is 2. The minimum absolute atomic E-state index is 0.0608. The third-order valence-electron chi connectivity index (χ3n) is 13.8. The van der Waals surface area contributed by atoms with Crippen molar-refractivity contribution in [3.63, 3.8) is 0 Å². The number of rotatable bonds is 46. The van der Waals surface area contributed by atoms with Gasteiger partial charge in [-0.3, -0.25) is 24.0 Å². The van der Waals surface area contributed by atoms with Gasteiger partial charge in [0.2, 0.25) is 0 Å². The van der Waals surface area contributed by atoms with Crippen LogP contribution in [0.1, 0.15) is 263 Å². The molecule has 0 heterocycles. The molecule has 0 amide bonds. The van der Waals surface area contributed by atoms with Crippen molar-refractivity contribution in [2.24, 2.45) is 10.8 Å². The van der Waals surface area contributed by atoms with Gasteiger partial charge < -0.3 is 14.6 Å². The van der Waals surface area contributed by atoms with Crippen molar-refractivity contribution < 1.29 is 38.6 Å². The van der Waals surface area contributed by atoms with Gasteiger partial charge in [0.1, 0.15) is 18.0 Å². The Balaban J connectivity index is 5.04. The molecule has 3 atom stereocenters. The first-order valence-electron chi connectivity index (χ1n) is 29.8. The van der Waals surface area contributed by atoms with E-state index in [0.29, 0.717) is 25.7 Å². The molecule has 0 aliphatic carbocycles. The highest BCUT2D eigenvalue weighted by atomic mass is 16.5. The van der Waals surface area contributed by atoms with Crippen LogP contribution in [-0.2, 0) is 33.4 Å². The van der Waals surface area contributed by atoms with Gasteiger partial charge in [0, 0.05) is 36.5 Å². The average Bonchev–Trinajstić information content (AvgIpc) is 3.33. The normalized spacial score (nSPS) is 14.7. The molecule has 0 fully saturated rings. The second-order valence-electron chi connectivity index (χ2n) is 23.1. The first-order valence-corrected chi connectivity index (χ1v) is 29.8. The maximum atomic E-state index is 13.3. The van der Waals surface area contributed by atoms with Gasteiger partial charge in [-0.2, -0.15) is 0 Å². The summed E-state index contributed by atoms with van der Waals surface area (Å²) in [7, 11) is 0. The number of allylic oxidation sites excluding steroid dienone is 18. The van der Waals surface area contributed by atoms with Crippen molar-refractivity contribution in [2.75, 3.05) is 0 Å². The van der Waals surface area contributed by atoms with Crippen LogP contribution in [0.3, 0.4) is 0 Å². The number of aliphatic hydroxyl groups excluding tert-OH is 1. The zero-order valence-corrected chi connectivity index (χ0v) is 50.4. The molecule has 0 radical (unpaired) electrons. The number of unbranched alkanes of at least 4 members (excludes halogenated alkanes) is 20. The topological polar surface area (TPSA) is 124 Å². The standard InChI is InChI=1S/C68H110O8/c1-13-15-17-19-21-23-25-27-29-31-33-45-65(73)75-61(51-59(7)69)53-67(9,10)63(71)49-47-57(5)43-37-41-55(3)39-35-36-40-56(4)42-38-44-58(6)48-50-64(72)68(11,12)54-62(52-60(8)70)76-66(74)46-34-32-30-28-26-24-22-20-18-16-14-2/h35-44,47-50,59,61-62,69H,13-34,45-46,51-54H2,1-12H3/b36-35+,41-37+,42-38+,49-47+,50-48+,55-39+,56-40+,57-43+,58-44+/t59?,61-,62-/m1/s1. The van der Waals surface area contributed by atoms with Crippen LogP contribution < -0.4 is 0 Å². The summed E-state index contributed by atoms with van der Waals surface area (Å²) in [5.74, 6) is -0.771. The molecule has 0 aromatic carbocycles. The van der Waals surface area contributed by atoms with Gasteiger partial charge in [-0.1, -0.05) is 265 Å². The predicted molar refractivity (Wildman–Crippen MR) is 321 cm³/mol. The molecule has 0 bridgehead atoms. The van der Waals surface area contributed by atoms with Crippen LogP contribution >= 0.6 is 0 Å². The van der Waals surface area contributed by atoms with E-state index in [1.54, 1.807) is 31.2 Å². The molecule has 430 valence electrons. The molecule has 8 heteroatoms. The molecule has 0 aromatic heterocycles. The first kappa shape index (κ1) is 71.6. The third kappa shape index (κ3) is 41.7. The van der Waals surface area contributed by atoms with Crippen molar-refractivity contribution in [1.82, 2.24) is 0 Å². The van der Waals surface area contributed by atoms with E-state index in [4.69, 9.17) is 9.47 Å². The Bertz CT molecular complexity index is 1920. The molecule has 0 aliphatic rings. The van der Waals surface area contributed by atoms with Crippen LogP contribution in [0.15, 0.2) is 107 Å². The number of carbonyl (C=O) groups is 5. The smallest absolute Gasteiger partial charge is 0.306 e. The highest BCUT2D eigenvalue weighted by Crippen LogP contribution is 2.30. The molecule has 8 nitrogen and oxygen atoms in total. The van der Waals surface area contributed by atoms with E-state index in [1.807, 2.05) is 116 Å². The van der Waals surface area contributed by atoms with E-state index < -0.39 is 29.1 Å². The summed E-state index contributed by atoms with van der Waals surface area (Å²) in [5.41, 5.74) is 2.34. The van der Waals surface area contributed by atoms with Crippen LogP contribution in [0, 0.1) is 10.8 Å². The van der Waals surface area contributed by atoms with Crippen molar-refractivity contribution in [3.05, 3.63) is 107 Å². The second-order valence-corrected chi connectivity index (χ2v) is 23.1. The number of carbonyl (C=O) groups excluding carboxylic acids is 5.